The average molecular weight is 188 g/mol. The molecule has 0 aromatic carbocycles. The van der Waals surface area contributed by atoms with Crippen LogP contribution in [-0.4, -0.2) is 31.3 Å². The molecule has 3 nitrogen and oxygen atoms in total. The fraction of sp³-hybridized carbons (Fsp3) is 0.800. The molecule has 0 bridgehead atoms. The molecule has 0 aromatic heterocycles. The molecular formula is C5H8F4N2O. The molecule has 1 amide bonds. The minimum atomic E-state index is -3.77. The number of alkyl halides is 4. The van der Waals surface area contributed by atoms with Gasteiger partial charge in [0.05, 0.1) is 13.1 Å². The maximum absolute atomic E-state index is 12.2. The molecule has 7 heteroatoms. The number of primary amides is 1. The van der Waals surface area contributed by atoms with Gasteiger partial charge >= 0.3 is 5.92 Å². The van der Waals surface area contributed by atoms with Crippen molar-refractivity contribution < 1.29 is 22.4 Å². The van der Waals surface area contributed by atoms with E-state index in [1.54, 1.807) is 5.32 Å². The molecule has 0 saturated carbocycles. The lowest BCUT2D eigenvalue weighted by atomic mass is 10.3. The van der Waals surface area contributed by atoms with Crippen molar-refractivity contribution in [3.63, 3.8) is 0 Å². The van der Waals surface area contributed by atoms with Gasteiger partial charge in [0.25, 0.3) is 12.3 Å². The molecule has 0 rings (SSSR count). The fourth-order valence-electron chi connectivity index (χ4n) is 0.425. The lowest BCUT2D eigenvalue weighted by Gasteiger charge is -2.12. The van der Waals surface area contributed by atoms with Gasteiger partial charge in [0.15, 0.2) is 0 Å². The van der Waals surface area contributed by atoms with Crippen molar-refractivity contribution in [3.05, 3.63) is 0 Å². The van der Waals surface area contributed by atoms with Crippen molar-refractivity contribution in [2.75, 3.05) is 13.1 Å². The second kappa shape index (κ2) is 4.24. The summed E-state index contributed by atoms with van der Waals surface area (Å²) in [5.41, 5.74) is 4.27. The Hall–Kier alpha value is -0.850. The number of carbonyl (C=O) groups is 1. The molecule has 3 N–H and O–H groups in total. The Kier molecular flexibility index (Phi) is 3.94. The number of nitrogens with two attached hydrogens (primary N) is 1. The van der Waals surface area contributed by atoms with Crippen LogP contribution < -0.4 is 11.1 Å². The molecule has 0 atom stereocenters. The third-order valence-corrected chi connectivity index (χ3v) is 1.01. The fourth-order valence-corrected chi connectivity index (χ4v) is 0.425. The maximum atomic E-state index is 12.2. The van der Waals surface area contributed by atoms with Gasteiger partial charge < -0.3 is 11.1 Å². The third-order valence-electron chi connectivity index (χ3n) is 1.01. The van der Waals surface area contributed by atoms with E-state index < -0.39 is 31.3 Å². The highest BCUT2D eigenvalue weighted by atomic mass is 19.3. The molecular weight excluding hydrogens is 180 g/mol. The normalized spacial score (nSPS) is 12.1. The zero-order valence-corrected chi connectivity index (χ0v) is 5.99. The van der Waals surface area contributed by atoms with Gasteiger partial charge in [-0.25, -0.2) is 8.78 Å². The van der Waals surface area contributed by atoms with Gasteiger partial charge in [0.1, 0.15) is 0 Å². The average Bonchev–Trinajstić information content (AvgIpc) is 1.85. The number of hydrogen-bond acceptors (Lipinski definition) is 2. The second-order valence-corrected chi connectivity index (χ2v) is 2.09. The first-order chi connectivity index (χ1) is 5.36. The predicted octanol–water partition coefficient (Wildman–Crippen LogP) is -0.0383. The van der Waals surface area contributed by atoms with Crippen molar-refractivity contribution >= 4 is 5.91 Å². The molecule has 0 saturated heterocycles. The zero-order chi connectivity index (χ0) is 9.78. The van der Waals surface area contributed by atoms with Gasteiger partial charge in [0, 0.05) is 0 Å². The van der Waals surface area contributed by atoms with E-state index in [4.69, 9.17) is 0 Å². The summed E-state index contributed by atoms with van der Waals surface area (Å²) < 4.78 is 47.2. The summed E-state index contributed by atoms with van der Waals surface area (Å²) in [6.07, 6.45) is -2.73. The van der Waals surface area contributed by atoms with E-state index in [0.29, 0.717) is 0 Å². The first-order valence-corrected chi connectivity index (χ1v) is 3.03. The second-order valence-electron chi connectivity index (χ2n) is 2.09. The first-order valence-electron chi connectivity index (χ1n) is 3.03. The molecule has 0 radical (unpaired) electrons. The van der Waals surface area contributed by atoms with E-state index in [2.05, 4.69) is 5.73 Å². The number of nitrogens with one attached hydrogen (secondary N) is 1. The highest BCUT2D eigenvalue weighted by Crippen LogP contribution is 2.10. The van der Waals surface area contributed by atoms with E-state index in [-0.39, 0.29) is 0 Å². The number of hydrogen-bond donors (Lipinski definition) is 2. The van der Waals surface area contributed by atoms with Gasteiger partial charge in [-0.3, -0.25) is 4.79 Å². The Morgan fingerprint density at radius 2 is 2.00 bits per heavy atom. The SMILES string of the molecule is NC(=O)C(F)(F)CNCC(F)F. The Morgan fingerprint density at radius 1 is 1.50 bits per heavy atom. The lowest BCUT2D eigenvalue weighted by Crippen LogP contribution is -2.45. The van der Waals surface area contributed by atoms with Crippen molar-refractivity contribution in [3.8, 4) is 0 Å². The molecule has 72 valence electrons. The van der Waals surface area contributed by atoms with Crippen LogP contribution >= 0.6 is 0 Å². The van der Waals surface area contributed by atoms with Crippen LogP contribution in [0.4, 0.5) is 17.6 Å². The summed E-state index contributed by atoms with van der Waals surface area (Å²) in [6.45, 7) is -2.05. The van der Waals surface area contributed by atoms with Crippen LogP contribution in [0.5, 0.6) is 0 Å². The molecule has 0 unspecified atom stereocenters. The topological polar surface area (TPSA) is 55.1 Å². The zero-order valence-electron chi connectivity index (χ0n) is 5.99. The first kappa shape index (κ1) is 11.2. The van der Waals surface area contributed by atoms with Gasteiger partial charge in [-0.2, -0.15) is 8.78 Å². The highest BCUT2D eigenvalue weighted by molar-refractivity contribution is 5.81. The number of amides is 1. The maximum Gasteiger partial charge on any atom is 0.336 e. The number of rotatable bonds is 5. The Bertz CT molecular complexity index is 162. The smallest absolute Gasteiger partial charge is 0.336 e. The van der Waals surface area contributed by atoms with Crippen molar-refractivity contribution in [1.82, 2.24) is 5.32 Å². The third kappa shape index (κ3) is 4.12. The summed E-state index contributed by atoms with van der Waals surface area (Å²) in [4.78, 5) is 9.94. The summed E-state index contributed by atoms with van der Waals surface area (Å²) in [5, 5.41) is 1.71. The van der Waals surface area contributed by atoms with E-state index in [0.717, 1.165) is 0 Å². The largest absolute Gasteiger partial charge is 0.364 e. The molecule has 0 heterocycles. The van der Waals surface area contributed by atoms with Gasteiger partial charge in [-0.1, -0.05) is 0 Å². The van der Waals surface area contributed by atoms with Crippen LogP contribution in [0.1, 0.15) is 0 Å². The van der Waals surface area contributed by atoms with Gasteiger partial charge in [-0.05, 0) is 0 Å². The molecule has 12 heavy (non-hydrogen) atoms. The van der Waals surface area contributed by atoms with Gasteiger partial charge in [0.2, 0.25) is 0 Å². The van der Waals surface area contributed by atoms with E-state index in [9.17, 15) is 22.4 Å². The standard InChI is InChI=1S/C5H8F4N2O/c6-3(7)1-11-2-5(8,9)4(10)12/h3,11H,1-2H2,(H2,10,12). The van der Waals surface area contributed by atoms with E-state index >= 15 is 0 Å². The number of halogens is 4. The van der Waals surface area contributed by atoms with E-state index in [1.165, 1.54) is 0 Å². The van der Waals surface area contributed by atoms with Crippen LogP contribution in [-0.2, 0) is 4.79 Å². The van der Waals surface area contributed by atoms with Crippen LogP contribution in [0.3, 0.4) is 0 Å². The highest BCUT2D eigenvalue weighted by Gasteiger charge is 2.35. The molecule has 0 aliphatic heterocycles. The lowest BCUT2D eigenvalue weighted by molar-refractivity contribution is -0.141. The monoisotopic (exact) mass is 188 g/mol. The van der Waals surface area contributed by atoms with Crippen molar-refractivity contribution in [2.45, 2.75) is 12.3 Å². The molecule has 0 aromatic rings. The minimum Gasteiger partial charge on any atom is -0.364 e. The van der Waals surface area contributed by atoms with Crippen LogP contribution in [0.15, 0.2) is 0 Å². The Morgan fingerprint density at radius 3 is 2.33 bits per heavy atom. The summed E-state index contributed by atoms with van der Waals surface area (Å²) in [7, 11) is 0. The van der Waals surface area contributed by atoms with Crippen molar-refractivity contribution in [1.29, 1.82) is 0 Å². The Balaban J connectivity index is 3.69. The Labute approximate surface area is 65.9 Å². The quantitative estimate of drug-likeness (QED) is 0.595. The van der Waals surface area contributed by atoms with Crippen LogP contribution in [0.2, 0.25) is 0 Å². The summed E-state index contributed by atoms with van der Waals surface area (Å²) >= 11 is 0. The van der Waals surface area contributed by atoms with Crippen molar-refractivity contribution in [2.24, 2.45) is 5.73 Å². The predicted molar refractivity (Wildman–Crippen MR) is 33.0 cm³/mol. The molecule has 0 spiro atoms. The van der Waals surface area contributed by atoms with Crippen LogP contribution in [0.25, 0.3) is 0 Å². The van der Waals surface area contributed by atoms with E-state index in [1.807, 2.05) is 0 Å². The summed E-state index contributed by atoms with van der Waals surface area (Å²) in [5.74, 6) is -5.60. The van der Waals surface area contributed by atoms with Crippen LogP contribution in [0, 0.1) is 0 Å². The number of carbonyl (C=O) groups excluding carboxylic acids is 1. The molecule has 0 aliphatic rings. The minimum absolute atomic E-state index is 0.886. The molecule has 0 fully saturated rings. The van der Waals surface area contributed by atoms with Gasteiger partial charge in [-0.15, -0.1) is 0 Å². The summed E-state index contributed by atoms with van der Waals surface area (Å²) in [6, 6.07) is 0. The molecule has 0 aliphatic carbocycles.